The van der Waals surface area contributed by atoms with Crippen LogP contribution in [0.25, 0.3) is 33.0 Å². The Hall–Kier alpha value is -2.55. The second-order valence-corrected chi connectivity index (χ2v) is 11.4. The van der Waals surface area contributed by atoms with E-state index in [9.17, 15) is 0 Å². The fraction of sp³-hybridized carbons (Fsp3) is 0.214. The van der Waals surface area contributed by atoms with E-state index in [-0.39, 0.29) is 18.3 Å². The number of fused-ring (bicyclic) bond motifs is 1. The predicted octanol–water partition coefficient (Wildman–Crippen LogP) is -2.23. The summed E-state index contributed by atoms with van der Waals surface area (Å²) in [5.41, 5.74) is 12.2. The van der Waals surface area contributed by atoms with Gasteiger partial charge >= 0.3 is 7.12 Å². The lowest BCUT2D eigenvalue weighted by molar-refractivity contribution is 0.00578. The number of benzene rings is 4. The molecule has 174 valence electrons. The molecule has 0 N–H and O–H groups in total. The first-order valence-electron chi connectivity index (χ1n) is 13.0. The molecule has 0 spiro atoms. The summed E-state index contributed by atoms with van der Waals surface area (Å²) in [6.45, 7) is 8.42. The quantitative estimate of drug-likeness (QED) is 0.319. The van der Waals surface area contributed by atoms with Gasteiger partial charge in [-0.2, -0.15) is 0 Å². The molecule has 1 saturated heterocycles. The number of hydrogen-bond donors (Lipinski definition) is 0. The molecule has 0 atom stereocenters. The molecule has 4 aromatic carbocycles. The van der Waals surface area contributed by atoms with Gasteiger partial charge in [0.15, 0.2) is 0 Å². The molecule has 8 heteroatoms. The van der Waals surface area contributed by atoms with E-state index in [0.29, 0.717) is 0 Å². The summed E-state index contributed by atoms with van der Waals surface area (Å²) in [6, 6.07) is 22.0. The molecule has 0 bridgehead atoms. The highest BCUT2D eigenvalue weighted by Gasteiger charge is 2.51. The van der Waals surface area contributed by atoms with E-state index in [1.165, 1.54) is 60.3 Å². The number of rotatable bonds is 3. The minimum atomic E-state index is -0.388. The fourth-order valence-electron chi connectivity index (χ4n) is 5.51. The molecule has 36 heavy (non-hydrogen) atoms. The lowest BCUT2D eigenvalue weighted by atomic mass is 9.59. The van der Waals surface area contributed by atoms with E-state index < -0.39 is 0 Å². The van der Waals surface area contributed by atoms with Gasteiger partial charge in [-0.3, -0.25) is 0 Å². The minimum Gasteiger partial charge on any atom is -0.399 e. The fourth-order valence-corrected chi connectivity index (χ4v) is 5.51. The average molecular weight is 465 g/mol. The van der Waals surface area contributed by atoms with Crippen molar-refractivity contribution in [3.63, 3.8) is 0 Å². The lowest BCUT2D eigenvalue weighted by Gasteiger charge is -2.32. The monoisotopic (exact) mass is 466 g/mol. The first-order chi connectivity index (χ1) is 16.9. The molecular formula is C28H32B6O2. The van der Waals surface area contributed by atoms with Gasteiger partial charge in [-0.1, -0.05) is 71.6 Å². The number of hydrogen-bond acceptors (Lipinski definition) is 2. The van der Waals surface area contributed by atoms with Crippen LogP contribution < -0.4 is 32.8 Å². The van der Waals surface area contributed by atoms with Crippen molar-refractivity contribution in [2.24, 2.45) is 0 Å². The third-order valence-corrected chi connectivity index (χ3v) is 8.90. The summed E-state index contributed by atoms with van der Waals surface area (Å²) in [4.78, 5) is 0. The Kier molecular flexibility index (Phi) is 6.13. The first-order valence-corrected chi connectivity index (χ1v) is 13.0. The van der Waals surface area contributed by atoms with Gasteiger partial charge in [-0.25, -0.2) is 0 Å². The summed E-state index contributed by atoms with van der Waals surface area (Å²) in [6.07, 6.45) is 0. The Morgan fingerprint density at radius 3 is 1.83 bits per heavy atom. The average Bonchev–Trinajstić information content (AvgIpc) is 3.08. The molecule has 1 aliphatic heterocycles. The van der Waals surface area contributed by atoms with Crippen molar-refractivity contribution in [1.29, 1.82) is 0 Å². The van der Waals surface area contributed by atoms with Crippen LogP contribution in [0.15, 0.2) is 60.7 Å². The van der Waals surface area contributed by atoms with E-state index in [0.717, 1.165) is 5.46 Å². The van der Waals surface area contributed by atoms with Gasteiger partial charge in [0.25, 0.3) is 0 Å². The van der Waals surface area contributed by atoms with Crippen LogP contribution in [0.5, 0.6) is 0 Å². The van der Waals surface area contributed by atoms with Crippen molar-refractivity contribution < 1.29 is 9.31 Å². The summed E-state index contributed by atoms with van der Waals surface area (Å²) < 4.78 is 12.8. The molecule has 0 amide bonds. The smallest absolute Gasteiger partial charge is 0.399 e. The highest BCUT2D eigenvalue weighted by atomic mass is 16.7. The van der Waals surface area contributed by atoms with Crippen LogP contribution in [0, 0.1) is 0 Å². The molecule has 0 saturated carbocycles. The molecule has 5 rings (SSSR count). The third kappa shape index (κ3) is 3.90. The van der Waals surface area contributed by atoms with Gasteiger partial charge in [0.2, 0.25) is 0 Å². The van der Waals surface area contributed by atoms with Crippen LogP contribution in [0.4, 0.5) is 0 Å². The molecule has 0 radical (unpaired) electrons. The molecule has 2 nitrogen and oxygen atoms in total. The Morgan fingerprint density at radius 2 is 1.19 bits per heavy atom. The van der Waals surface area contributed by atoms with Crippen LogP contribution in [0.3, 0.4) is 0 Å². The van der Waals surface area contributed by atoms with Crippen molar-refractivity contribution in [3.05, 3.63) is 60.7 Å². The van der Waals surface area contributed by atoms with Gasteiger partial charge in [0.05, 0.1) is 11.2 Å². The highest BCUT2D eigenvalue weighted by molar-refractivity contribution is 6.69. The summed E-state index contributed by atoms with van der Waals surface area (Å²) in [5, 5.41) is 2.50. The molecule has 1 heterocycles. The molecule has 0 aliphatic carbocycles. The second-order valence-electron chi connectivity index (χ2n) is 11.4. The van der Waals surface area contributed by atoms with Crippen molar-refractivity contribution >= 4 is 89.9 Å². The molecule has 4 aromatic rings. The van der Waals surface area contributed by atoms with Crippen molar-refractivity contribution in [2.45, 2.75) is 38.9 Å². The maximum atomic E-state index is 6.40. The molecule has 0 aromatic heterocycles. The second kappa shape index (κ2) is 8.78. The molecule has 1 fully saturated rings. The standard InChI is InChI=1S/C28H32B6O2/c1-27(2)28(3,4)36-34(35-27)17-10-7-9-16(14-17)20-18-11-6-5-8-15(18)12-13-19(20)21-22(29)24(31)26(33)25(32)23(21)30/h5-14H,29-33H2,1-4H3. The predicted molar refractivity (Wildman–Crippen MR) is 171 cm³/mol. The van der Waals surface area contributed by atoms with Gasteiger partial charge in [0, 0.05) is 0 Å². The van der Waals surface area contributed by atoms with Crippen LogP contribution in [0.2, 0.25) is 0 Å². The lowest BCUT2D eigenvalue weighted by Crippen LogP contribution is -2.55. The largest absolute Gasteiger partial charge is 0.494 e. The van der Waals surface area contributed by atoms with E-state index in [1.54, 1.807) is 0 Å². The van der Waals surface area contributed by atoms with E-state index in [1.807, 2.05) is 0 Å². The minimum absolute atomic E-state index is 0.372. The molecular weight excluding hydrogens is 433 g/mol. The van der Waals surface area contributed by atoms with Gasteiger partial charge in [-0.15, -0.1) is 16.4 Å². The normalized spacial score (nSPS) is 16.5. The maximum absolute atomic E-state index is 6.40. The zero-order chi connectivity index (χ0) is 26.0. The van der Waals surface area contributed by atoms with Crippen molar-refractivity contribution in [3.8, 4) is 22.3 Å². The highest BCUT2D eigenvalue weighted by Crippen LogP contribution is 2.39. The van der Waals surface area contributed by atoms with E-state index in [2.05, 4.69) is 128 Å². The van der Waals surface area contributed by atoms with Crippen LogP contribution >= 0.6 is 0 Å². The van der Waals surface area contributed by atoms with Crippen molar-refractivity contribution in [2.75, 3.05) is 0 Å². The van der Waals surface area contributed by atoms with Gasteiger partial charge < -0.3 is 9.31 Å². The van der Waals surface area contributed by atoms with Crippen molar-refractivity contribution in [1.82, 2.24) is 0 Å². The SMILES string of the molecule is Bc1c(B)c(B)c(-c2ccc3ccccc3c2-c2cccc(B3OC(C)(C)C(C)(C)O3)c2)c(B)c1B. The maximum Gasteiger partial charge on any atom is 0.494 e. The summed E-state index contributed by atoms with van der Waals surface area (Å²) >= 11 is 0. The Labute approximate surface area is 220 Å². The van der Waals surface area contributed by atoms with E-state index >= 15 is 0 Å². The van der Waals surface area contributed by atoms with Crippen LogP contribution in [-0.2, 0) is 9.31 Å². The van der Waals surface area contributed by atoms with Gasteiger partial charge in [0.1, 0.15) is 39.2 Å². The zero-order valence-corrected chi connectivity index (χ0v) is 23.2. The Bertz CT molecular complexity index is 1470. The Morgan fingerprint density at radius 1 is 0.611 bits per heavy atom. The topological polar surface area (TPSA) is 18.5 Å². The third-order valence-electron chi connectivity index (χ3n) is 8.90. The van der Waals surface area contributed by atoms with E-state index in [4.69, 9.17) is 9.31 Å². The van der Waals surface area contributed by atoms with Crippen LogP contribution in [-0.4, -0.2) is 57.6 Å². The first kappa shape index (κ1) is 25.1. The summed E-state index contributed by atoms with van der Waals surface area (Å²) in [5.74, 6) is 0. The zero-order valence-electron chi connectivity index (χ0n) is 23.2. The van der Waals surface area contributed by atoms with Crippen LogP contribution in [0.1, 0.15) is 27.7 Å². The summed E-state index contributed by atoms with van der Waals surface area (Å²) in [7, 11) is 10.9. The Balaban J connectivity index is 1.76. The molecule has 1 aliphatic rings. The van der Waals surface area contributed by atoms with Gasteiger partial charge in [-0.05, 0) is 66.2 Å². The molecule has 0 unspecified atom stereocenters.